The van der Waals surface area contributed by atoms with Gasteiger partial charge in [0.25, 0.3) is 11.8 Å². The van der Waals surface area contributed by atoms with Gasteiger partial charge in [-0.2, -0.15) is 10.2 Å². The molecule has 6 rings (SSSR count). The number of alkyl halides is 2. The fourth-order valence-electron chi connectivity index (χ4n) is 7.11. The summed E-state index contributed by atoms with van der Waals surface area (Å²) in [6.45, 7) is 8.02. The topological polar surface area (TPSA) is 90.9 Å². The highest BCUT2D eigenvalue weighted by molar-refractivity contribution is 5.95. The van der Waals surface area contributed by atoms with Gasteiger partial charge < -0.3 is 19.9 Å². The van der Waals surface area contributed by atoms with Crippen LogP contribution >= 0.6 is 0 Å². The fourth-order valence-corrected chi connectivity index (χ4v) is 7.11. The van der Waals surface area contributed by atoms with E-state index in [2.05, 4.69) is 29.4 Å². The summed E-state index contributed by atoms with van der Waals surface area (Å²) in [6.07, 6.45) is 1.80. The van der Waals surface area contributed by atoms with Crippen LogP contribution in [0, 0.1) is 11.7 Å². The first-order valence-electron chi connectivity index (χ1n) is 17.2. The molecular weight excluding hydrogens is 633 g/mol. The molecule has 3 aliphatic heterocycles. The zero-order valence-corrected chi connectivity index (χ0v) is 28.6. The smallest absolute Gasteiger partial charge is 0.275 e. The first kappa shape index (κ1) is 34.8. The number of carbonyl (C=O) groups is 2. The Balaban J connectivity index is 1.17. The van der Waals surface area contributed by atoms with Crippen molar-refractivity contribution in [3.63, 3.8) is 0 Å². The van der Waals surface area contributed by atoms with Crippen LogP contribution in [-0.4, -0.2) is 94.5 Å². The molecule has 262 valence electrons. The lowest BCUT2D eigenvalue weighted by molar-refractivity contribution is -0.128. The summed E-state index contributed by atoms with van der Waals surface area (Å²) >= 11 is 0. The summed E-state index contributed by atoms with van der Waals surface area (Å²) in [5.74, 6) is -2.93. The molecule has 1 aromatic heterocycles. The predicted octanol–water partition coefficient (Wildman–Crippen LogP) is 6.10. The number of rotatable bonds is 9. The van der Waals surface area contributed by atoms with Gasteiger partial charge in [-0.25, -0.2) is 13.2 Å². The second kappa shape index (κ2) is 14.4. The number of likely N-dealkylation sites (tertiary alicyclic amines) is 3. The van der Waals surface area contributed by atoms with Crippen LogP contribution in [0.1, 0.15) is 74.0 Å². The molecule has 0 radical (unpaired) electrons. The van der Waals surface area contributed by atoms with Crippen LogP contribution < -0.4 is 10.1 Å². The third kappa shape index (κ3) is 8.07. The molecule has 0 spiro atoms. The van der Waals surface area contributed by atoms with Crippen LogP contribution in [0.15, 0.2) is 48.5 Å². The first-order valence-corrected chi connectivity index (χ1v) is 17.2. The number of amides is 2. The van der Waals surface area contributed by atoms with E-state index >= 15 is 4.39 Å². The molecule has 0 saturated carbocycles. The van der Waals surface area contributed by atoms with Crippen LogP contribution in [0.25, 0.3) is 11.3 Å². The van der Waals surface area contributed by atoms with Gasteiger partial charge in [-0.1, -0.05) is 20.8 Å². The number of aromatic nitrogens is 2. The van der Waals surface area contributed by atoms with E-state index in [0.29, 0.717) is 68.9 Å². The Morgan fingerprint density at radius 3 is 2.39 bits per heavy atom. The highest BCUT2D eigenvalue weighted by Gasteiger charge is 2.47. The molecule has 3 saturated heterocycles. The molecular formula is C37H45F3N6O3. The van der Waals surface area contributed by atoms with Gasteiger partial charge in [-0.15, -0.1) is 0 Å². The van der Waals surface area contributed by atoms with Crippen LogP contribution in [0.4, 0.5) is 13.2 Å². The van der Waals surface area contributed by atoms with Crippen molar-refractivity contribution >= 4 is 11.8 Å². The maximum absolute atomic E-state index is 15.6. The van der Waals surface area contributed by atoms with E-state index in [0.717, 1.165) is 11.3 Å². The minimum atomic E-state index is -2.80. The van der Waals surface area contributed by atoms with Crippen molar-refractivity contribution < 1.29 is 27.5 Å². The monoisotopic (exact) mass is 678 g/mol. The molecule has 2 amide bonds. The van der Waals surface area contributed by atoms with Gasteiger partial charge in [0.05, 0.1) is 29.5 Å². The van der Waals surface area contributed by atoms with Crippen molar-refractivity contribution in [2.75, 3.05) is 39.8 Å². The first-order chi connectivity index (χ1) is 23.4. The Kier molecular flexibility index (Phi) is 10.3. The minimum absolute atomic E-state index is 0.0148. The van der Waals surface area contributed by atoms with Gasteiger partial charge in [0.1, 0.15) is 17.3 Å². The van der Waals surface area contributed by atoms with E-state index in [1.165, 1.54) is 12.1 Å². The van der Waals surface area contributed by atoms with Gasteiger partial charge in [-0.05, 0) is 93.2 Å². The molecule has 3 fully saturated rings. The summed E-state index contributed by atoms with van der Waals surface area (Å²) in [6, 6.07) is 12.7. The SMILES string of the molecule is CC1CC(=O)N(Cc2cc(F)c(C(=O)NC3CCN(C4CCN(C)CC4(F)F)CC3)cc2Oc2ccc(-c3ccc(C(C)C)nn3)cc2)C1. The highest BCUT2D eigenvalue weighted by Crippen LogP contribution is 2.34. The number of ether oxygens (including phenoxy) is 1. The number of hydrogen-bond acceptors (Lipinski definition) is 7. The van der Waals surface area contributed by atoms with Gasteiger partial charge >= 0.3 is 0 Å². The third-order valence-corrected chi connectivity index (χ3v) is 9.88. The Morgan fingerprint density at radius 1 is 1.04 bits per heavy atom. The van der Waals surface area contributed by atoms with E-state index < -0.39 is 23.7 Å². The fraction of sp³-hybridized carbons (Fsp3) is 0.514. The summed E-state index contributed by atoms with van der Waals surface area (Å²) < 4.78 is 51.4. The summed E-state index contributed by atoms with van der Waals surface area (Å²) in [4.78, 5) is 31.2. The lowest BCUT2D eigenvalue weighted by Crippen LogP contribution is -2.60. The van der Waals surface area contributed by atoms with E-state index in [-0.39, 0.29) is 48.2 Å². The molecule has 49 heavy (non-hydrogen) atoms. The van der Waals surface area contributed by atoms with Gasteiger partial charge in [0.2, 0.25) is 5.91 Å². The predicted molar refractivity (Wildman–Crippen MR) is 180 cm³/mol. The summed E-state index contributed by atoms with van der Waals surface area (Å²) in [5.41, 5.74) is 2.73. The van der Waals surface area contributed by atoms with E-state index in [4.69, 9.17) is 4.74 Å². The van der Waals surface area contributed by atoms with Crippen LogP contribution in [0.2, 0.25) is 0 Å². The standard InChI is InChI=1S/C37H45F3N6O3/c1-23(2)31-9-10-32(43-42-31)25-5-7-28(8-6-25)49-33-19-29(30(38)18-26(33)21-46-20-24(3)17-35(46)47)36(48)41-27-11-15-45(16-12-27)34-13-14-44(4)22-37(34,39)40/h5-10,18-19,23-24,27,34H,11-17,20-22H2,1-4H3,(H,41,48). The maximum atomic E-state index is 15.6. The quantitative estimate of drug-likeness (QED) is 0.293. The van der Waals surface area contributed by atoms with Crippen molar-refractivity contribution in [1.29, 1.82) is 0 Å². The Bertz CT molecular complexity index is 1640. The molecule has 3 aromatic rings. The number of nitrogens with one attached hydrogen (secondary N) is 1. The number of hydrogen-bond donors (Lipinski definition) is 1. The molecule has 9 nitrogen and oxygen atoms in total. The number of piperidine rings is 2. The van der Waals surface area contributed by atoms with E-state index in [1.807, 2.05) is 36.1 Å². The summed E-state index contributed by atoms with van der Waals surface area (Å²) in [5, 5.41) is 11.6. The Morgan fingerprint density at radius 2 is 1.78 bits per heavy atom. The molecule has 2 unspecified atom stereocenters. The zero-order chi connectivity index (χ0) is 34.9. The third-order valence-electron chi connectivity index (χ3n) is 9.88. The number of carbonyl (C=O) groups excluding carboxylic acids is 2. The molecule has 2 aromatic carbocycles. The average molecular weight is 679 g/mol. The van der Waals surface area contributed by atoms with Gasteiger partial charge in [0, 0.05) is 49.8 Å². The summed E-state index contributed by atoms with van der Waals surface area (Å²) in [7, 11) is 1.71. The minimum Gasteiger partial charge on any atom is -0.457 e. The van der Waals surface area contributed by atoms with Crippen LogP contribution in [0.3, 0.4) is 0 Å². The highest BCUT2D eigenvalue weighted by atomic mass is 19.3. The van der Waals surface area contributed by atoms with Crippen molar-refractivity contribution in [2.24, 2.45) is 5.92 Å². The van der Waals surface area contributed by atoms with Gasteiger partial charge in [0.15, 0.2) is 0 Å². The van der Waals surface area contributed by atoms with Crippen LogP contribution in [0.5, 0.6) is 11.5 Å². The molecule has 0 aliphatic carbocycles. The van der Waals surface area contributed by atoms with Crippen LogP contribution in [-0.2, 0) is 11.3 Å². The molecule has 12 heteroatoms. The molecule has 4 heterocycles. The lowest BCUT2D eigenvalue weighted by atomic mass is 9.95. The number of halogens is 3. The average Bonchev–Trinajstić information content (AvgIpc) is 3.38. The molecule has 3 aliphatic rings. The van der Waals surface area contributed by atoms with Crippen molar-refractivity contribution in [3.05, 3.63) is 71.2 Å². The van der Waals surface area contributed by atoms with E-state index in [9.17, 15) is 18.4 Å². The van der Waals surface area contributed by atoms with Gasteiger partial charge in [-0.3, -0.25) is 14.5 Å². The Labute approximate surface area is 285 Å². The van der Waals surface area contributed by atoms with Crippen molar-refractivity contribution in [2.45, 2.75) is 76.9 Å². The number of nitrogens with zero attached hydrogens (tertiary/aromatic N) is 5. The largest absolute Gasteiger partial charge is 0.457 e. The number of benzene rings is 2. The second-order valence-corrected chi connectivity index (χ2v) is 14.2. The second-order valence-electron chi connectivity index (χ2n) is 14.2. The lowest BCUT2D eigenvalue weighted by Gasteiger charge is -2.45. The van der Waals surface area contributed by atoms with Crippen molar-refractivity contribution in [1.82, 2.24) is 30.2 Å². The molecule has 0 bridgehead atoms. The molecule has 1 N–H and O–H groups in total. The zero-order valence-electron chi connectivity index (χ0n) is 28.6. The normalized spacial score (nSPS) is 22.1. The molecule has 2 atom stereocenters. The maximum Gasteiger partial charge on any atom is 0.275 e. The van der Waals surface area contributed by atoms with Crippen molar-refractivity contribution in [3.8, 4) is 22.8 Å². The Hall–Kier alpha value is -4.03. The van der Waals surface area contributed by atoms with E-state index in [1.54, 1.807) is 29.0 Å².